The van der Waals surface area contributed by atoms with E-state index in [1.807, 2.05) is 0 Å². The van der Waals surface area contributed by atoms with Crippen molar-refractivity contribution in [3.8, 4) is 11.3 Å². The number of aliphatic carboxylic acids is 1. The summed E-state index contributed by atoms with van der Waals surface area (Å²) in [6, 6.07) is 11.3. The first-order valence-corrected chi connectivity index (χ1v) is 6.70. The standard InChI is InChI=1S/C16H11ClFNO2/c17-10-4-5-14-12(7-10)13(8-15(20)21)16(19-14)9-2-1-3-11(18)6-9/h1-7,19H,8H2,(H,20,21). The minimum absolute atomic E-state index is 0.161. The van der Waals surface area contributed by atoms with Crippen LogP contribution in [0.1, 0.15) is 5.56 Å². The van der Waals surface area contributed by atoms with Crippen molar-refractivity contribution in [2.24, 2.45) is 0 Å². The summed E-state index contributed by atoms with van der Waals surface area (Å²) in [6.07, 6.45) is -0.161. The summed E-state index contributed by atoms with van der Waals surface area (Å²) in [4.78, 5) is 14.3. The van der Waals surface area contributed by atoms with Crippen LogP contribution in [0.2, 0.25) is 5.02 Å². The fraction of sp³-hybridized carbons (Fsp3) is 0.0625. The van der Waals surface area contributed by atoms with Crippen LogP contribution in [-0.4, -0.2) is 16.1 Å². The Balaban J connectivity index is 2.28. The monoisotopic (exact) mass is 303 g/mol. The molecule has 1 heterocycles. The molecule has 0 aliphatic carbocycles. The molecule has 0 bridgehead atoms. The lowest BCUT2D eigenvalue weighted by molar-refractivity contribution is -0.136. The summed E-state index contributed by atoms with van der Waals surface area (Å²) in [5.74, 6) is -1.32. The second-order valence-electron chi connectivity index (χ2n) is 4.75. The lowest BCUT2D eigenvalue weighted by atomic mass is 10.0. The second-order valence-corrected chi connectivity index (χ2v) is 5.19. The van der Waals surface area contributed by atoms with Gasteiger partial charge in [0.05, 0.1) is 12.1 Å². The molecule has 0 saturated heterocycles. The number of hydrogen-bond acceptors (Lipinski definition) is 1. The molecule has 0 aliphatic rings. The van der Waals surface area contributed by atoms with Gasteiger partial charge in [-0.15, -0.1) is 0 Å². The number of carboxylic acid groups (broad SMARTS) is 1. The summed E-state index contributed by atoms with van der Waals surface area (Å²) >= 11 is 5.99. The van der Waals surface area contributed by atoms with Gasteiger partial charge in [-0.3, -0.25) is 4.79 Å². The molecule has 5 heteroatoms. The first-order chi connectivity index (χ1) is 10.0. The Hall–Kier alpha value is -2.33. The van der Waals surface area contributed by atoms with Crippen LogP contribution in [0.25, 0.3) is 22.2 Å². The van der Waals surface area contributed by atoms with Crippen molar-refractivity contribution in [2.45, 2.75) is 6.42 Å². The first-order valence-electron chi connectivity index (χ1n) is 6.32. The molecule has 0 fully saturated rings. The van der Waals surface area contributed by atoms with Crippen molar-refractivity contribution in [2.75, 3.05) is 0 Å². The summed E-state index contributed by atoms with van der Waals surface area (Å²) < 4.78 is 13.4. The number of carboxylic acids is 1. The number of aromatic nitrogens is 1. The number of aromatic amines is 1. The lowest BCUT2D eigenvalue weighted by Gasteiger charge is -2.03. The van der Waals surface area contributed by atoms with E-state index in [9.17, 15) is 9.18 Å². The molecule has 0 amide bonds. The molecular formula is C16H11ClFNO2. The third kappa shape index (κ3) is 2.62. The fourth-order valence-electron chi connectivity index (χ4n) is 2.45. The van der Waals surface area contributed by atoms with Gasteiger partial charge in [-0.2, -0.15) is 0 Å². The van der Waals surface area contributed by atoms with E-state index in [0.29, 0.717) is 21.8 Å². The Morgan fingerprint density at radius 1 is 1.24 bits per heavy atom. The van der Waals surface area contributed by atoms with Crippen LogP contribution in [0.3, 0.4) is 0 Å². The highest BCUT2D eigenvalue weighted by atomic mass is 35.5. The van der Waals surface area contributed by atoms with Crippen molar-refractivity contribution in [1.82, 2.24) is 4.98 Å². The largest absolute Gasteiger partial charge is 0.481 e. The highest BCUT2D eigenvalue weighted by Gasteiger charge is 2.16. The predicted molar refractivity (Wildman–Crippen MR) is 80.0 cm³/mol. The average molecular weight is 304 g/mol. The fourth-order valence-corrected chi connectivity index (χ4v) is 2.62. The van der Waals surface area contributed by atoms with E-state index >= 15 is 0 Å². The van der Waals surface area contributed by atoms with E-state index in [1.165, 1.54) is 12.1 Å². The number of hydrogen-bond donors (Lipinski definition) is 2. The molecular weight excluding hydrogens is 293 g/mol. The van der Waals surface area contributed by atoms with Gasteiger partial charge in [0.2, 0.25) is 0 Å². The van der Waals surface area contributed by atoms with E-state index in [4.69, 9.17) is 16.7 Å². The first kappa shape index (κ1) is 13.6. The number of H-pyrrole nitrogens is 1. The van der Waals surface area contributed by atoms with Crippen LogP contribution in [0.4, 0.5) is 4.39 Å². The van der Waals surface area contributed by atoms with E-state index in [0.717, 1.165) is 10.9 Å². The predicted octanol–water partition coefficient (Wildman–Crippen LogP) is 4.25. The third-order valence-electron chi connectivity index (χ3n) is 3.31. The molecule has 2 N–H and O–H groups in total. The van der Waals surface area contributed by atoms with Crippen molar-refractivity contribution < 1.29 is 14.3 Å². The van der Waals surface area contributed by atoms with E-state index in [-0.39, 0.29) is 12.2 Å². The third-order valence-corrected chi connectivity index (χ3v) is 3.54. The minimum Gasteiger partial charge on any atom is -0.481 e. The molecule has 0 radical (unpaired) electrons. The normalized spacial score (nSPS) is 11.0. The Bertz CT molecular complexity index is 841. The second kappa shape index (κ2) is 5.22. The molecule has 0 spiro atoms. The van der Waals surface area contributed by atoms with Crippen molar-refractivity contribution >= 4 is 28.5 Å². The van der Waals surface area contributed by atoms with Crippen LogP contribution < -0.4 is 0 Å². The van der Waals surface area contributed by atoms with Gasteiger partial charge in [-0.1, -0.05) is 23.7 Å². The average Bonchev–Trinajstić information content (AvgIpc) is 2.76. The number of rotatable bonds is 3. The highest BCUT2D eigenvalue weighted by molar-refractivity contribution is 6.31. The van der Waals surface area contributed by atoms with Gasteiger partial charge in [-0.25, -0.2) is 4.39 Å². The molecule has 0 aliphatic heterocycles. The summed E-state index contributed by atoms with van der Waals surface area (Å²) in [7, 11) is 0. The van der Waals surface area contributed by atoms with E-state index < -0.39 is 5.97 Å². The SMILES string of the molecule is O=C(O)Cc1c(-c2cccc(F)c2)[nH]c2ccc(Cl)cc12. The summed E-state index contributed by atoms with van der Waals surface area (Å²) in [6.45, 7) is 0. The number of fused-ring (bicyclic) bond motifs is 1. The van der Waals surface area contributed by atoms with E-state index in [1.54, 1.807) is 30.3 Å². The van der Waals surface area contributed by atoms with Crippen LogP contribution in [0.5, 0.6) is 0 Å². The number of benzene rings is 2. The molecule has 3 nitrogen and oxygen atoms in total. The van der Waals surface area contributed by atoms with Crippen LogP contribution in [-0.2, 0) is 11.2 Å². The van der Waals surface area contributed by atoms with Gasteiger partial charge in [0.1, 0.15) is 5.82 Å². The minimum atomic E-state index is -0.950. The maximum Gasteiger partial charge on any atom is 0.307 e. The van der Waals surface area contributed by atoms with Gasteiger partial charge in [0, 0.05) is 21.5 Å². The van der Waals surface area contributed by atoms with Crippen molar-refractivity contribution in [1.29, 1.82) is 0 Å². The van der Waals surface area contributed by atoms with Crippen molar-refractivity contribution in [3.05, 3.63) is 58.9 Å². The van der Waals surface area contributed by atoms with Crippen LogP contribution in [0.15, 0.2) is 42.5 Å². The lowest BCUT2D eigenvalue weighted by Crippen LogP contribution is -2.01. The van der Waals surface area contributed by atoms with Crippen molar-refractivity contribution in [3.63, 3.8) is 0 Å². The van der Waals surface area contributed by atoms with E-state index in [2.05, 4.69) is 4.98 Å². The topological polar surface area (TPSA) is 53.1 Å². The van der Waals surface area contributed by atoms with Gasteiger partial charge >= 0.3 is 5.97 Å². The van der Waals surface area contributed by atoms with Crippen LogP contribution in [0, 0.1) is 5.82 Å². The Kier molecular flexibility index (Phi) is 3.39. The summed E-state index contributed by atoms with van der Waals surface area (Å²) in [5, 5.41) is 10.4. The molecule has 0 unspecified atom stereocenters. The molecule has 0 atom stereocenters. The smallest absolute Gasteiger partial charge is 0.307 e. The van der Waals surface area contributed by atoms with Gasteiger partial charge in [0.15, 0.2) is 0 Å². The zero-order valence-corrected chi connectivity index (χ0v) is 11.6. The Labute approximate surface area is 125 Å². The molecule has 0 saturated carbocycles. The molecule has 1 aromatic heterocycles. The molecule has 3 aromatic rings. The number of nitrogens with one attached hydrogen (secondary N) is 1. The molecule has 21 heavy (non-hydrogen) atoms. The Morgan fingerprint density at radius 3 is 2.76 bits per heavy atom. The molecule has 3 rings (SSSR count). The number of halogens is 2. The van der Waals surface area contributed by atoms with Crippen LogP contribution >= 0.6 is 11.6 Å². The quantitative estimate of drug-likeness (QED) is 0.760. The van der Waals surface area contributed by atoms with Gasteiger partial charge < -0.3 is 10.1 Å². The Morgan fingerprint density at radius 2 is 2.05 bits per heavy atom. The maximum absolute atomic E-state index is 13.4. The zero-order chi connectivity index (χ0) is 15.0. The van der Waals surface area contributed by atoms with Gasteiger partial charge in [0.25, 0.3) is 0 Å². The zero-order valence-electron chi connectivity index (χ0n) is 10.9. The molecule has 106 valence electrons. The summed E-state index contributed by atoms with van der Waals surface area (Å²) in [5.41, 5.74) is 2.59. The highest BCUT2D eigenvalue weighted by Crippen LogP contribution is 2.32. The maximum atomic E-state index is 13.4. The molecule has 2 aromatic carbocycles. The van der Waals surface area contributed by atoms with Gasteiger partial charge in [-0.05, 0) is 35.9 Å². The number of carbonyl (C=O) groups is 1.